The van der Waals surface area contributed by atoms with Crippen molar-refractivity contribution in [2.75, 3.05) is 12.4 Å². The van der Waals surface area contributed by atoms with Gasteiger partial charge in [-0.3, -0.25) is 0 Å². The van der Waals surface area contributed by atoms with Gasteiger partial charge in [0, 0.05) is 10.2 Å². The fourth-order valence-corrected chi connectivity index (χ4v) is 2.70. The molecule has 1 N–H and O–H groups in total. The molecule has 0 bridgehead atoms. The van der Waals surface area contributed by atoms with Crippen LogP contribution in [0.25, 0.3) is 0 Å². The largest absolute Gasteiger partial charge is 0.497 e. The Hall–Kier alpha value is -1.48. The summed E-state index contributed by atoms with van der Waals surface area (Å²) in [4.78, 5) is 0. The fourth-order valence-electron chi connectivity index (χ4n) is 2.44. The number of nitrogens with one attached hydrogen (secondary N) is 1. The fraction of sp³-hybridized carbons (Fsp3) is 0.294. The summed E-state index contributed by atoms with van der Waals surface area (Å²) in [6.07, 6.45) is 2.61. The Kier molecular flexibility index (Phi) is 3.97. The second-order valence-corrected chi connectivity index (χ2v) is 6.16. The van der Waals surface area contributed by atoms with Gasteiger partial charge < -0.3 is 10.1 Å². The molecule has 20 heavy (non-hydrogen) atoms. The Bertz CT molecular complexity index is 561. The van der Waals surface area contributed by atoms with Gasteiger partial charge in [0.15, 0.2) is 0 Å². The lowest BCUT2D eigenvalue weighted by Crippen LogP contribution is -2.12. The first-order valence-electron chi connectivity index (χ1n) is 6.92. The molecule has 1 saturated carbocycles. The number of hydrogen-bond donors (Lipinski definition) is 1. The Morgan fingerprint density at radius 2 is 1.70 bits per heavy atom. The molecule has 1 aliphatic rings. The van der Waals surface area contributed by atoms with Crippen molar-refractivity contribution in [3.05, 3.63) is 58.6 Å². The van der Waals surface area contributed by atoms with Crippen molar-refractivity contribution in [2.45, 2.75) is 18.9 Å². The van der Waals surface area contributed by atoms with E-state index in [4.69, 9.17) is 4.74 Å². The molecule has 3 rings (SSSR count). The number of rotatable bonds is 5. The van der Waals surface area contributed by atoms with Crippen molar-refractivity contribution in [1.82, 2.24) is 0 Å². The van der Waals surface area contributed by atoms with E-state index in [9.17, 15) is 0 Å². The van der Waals surface area contributed by atoms with E-state index in [-0.39, 0.29) is 0 Å². The van der Waals surface area contributed by atoms with Crippen LogP contribution in [0.2, 0.25) is 0 Å². The van der Waals surface area contributed by atoms with Gasteiger partial charge in [-0.05, 0) is 60.7 Å². The highest BCUT2D eigenvalue weighted by atomic mass is 79.9. The Balaban J connectivity index is 1.79. The summed E-state index contributed by atoms with van der Waals surface area (Å²) in [5, 5.41) is 3.66. The summed E-state index contributed by atoms with van der Waals surface area (Å²) >= 11 is 3.47. The lowest BCUT2D eigenvalue weighted by Gasteiger charge is -2.20. The van der Waals surface area contributed by atoms with Crippen molar-refractivity contribution in [2.24, 2.45) is 5.92 Å². The van der Waals surface area contributed by atoms with Crippen LogP contribution >= 0.6 is 15.9 Å². The molecule has 0 spiro atoms. The third kappa shape index (κ3) is 3.15. The van der Waals surface area contributed by atoms with Crippen molar-refractivity contribution >= 4 is 21.6 Å². The van der Waals surface area contributed by atoms with Gasteiger partial charge in [-0.2, -0.15) is 0 Å². The molecule has 1 unspecified atom stereocenters. The molecular formula is C17H18BrNO. The maximum Gasteiger partial charge on any atom is 0.118 e. The molecule has 3 heteroatoms. The minimum absolute atomic E-state index is 0.391. The number of methoxy groups -OCH3 is 1. The molecule has 2 aromatic carbocycles. The molecule has 0 aliphatic heterocycles. The summed E-state index contributed by atoms with van der Waals surface area (Å²) in [5.41, 5.74) is 2.50. The Morgan fingerprint density at radius 1 is 1.05 bits per heavy atom. The minimum Gasteiger partial charge on any atom is -0.497 e. The van der Waals surface area contributed by atoms with Gasteiger partial charge in [0.05, 0.1) is 13.2 Å². The molecular weight excluding hydrogens is 314 g/mol. The lowest BCUT2D eigenvalue weighted by atomic mass is 10.0. The first kappa shape index (κ1) is 13.5. The average molecular weight is 332 g/mol. The predicted octanol–water partition coefficient (Wildman–Crippen LogP) is 5.02. The van der Waals surface area contributed by atoms with E-state index >= 15 is 0 Å². The van der Waals surface area contributed by atoms with Crippen molar-refractivity contribution in [3.8, 4) is 5.75 Å². The maximum atomic E-state index is 5.23. The first-order valence-corrected chi connectivity index (χ1v) is 7.71. The Morgan fingerprint density at radius 3 is 2.25 bits per heavy atom. The van der Waals surface area contributed by atoms with E-state index in [1.165, 1.54) is 24.1 Å². The van der Waals surface area contributed by atoms with Gasteiger partial charge in [-0.15, -0.1) is 0 Å². The van der Waals surface area contributed by atoms with Gasteiger partial charge in [0.2, 0.25) is 0 Å². The van der Waals surface area contributed by atoms with Crippen LogP contribution in [0.5, 0.6) is 5.75 Å². The van der Waals surface area contributed by atoms with E-state index in [0.717, 1.165) is 16.1 Å². The van der Waals surface area contributed by atoms with Crippen LogP contribution in [-0.2, 0) is 0 Å². The van der Waals surface area contributed by atoms with Crippen LogP contribution in [-0.4, -0.2) is 7.11 Å². The second kappa shape index (κ2) is 5.88. The van der Waals surface area contributed by atoms with Crippen LogP contribution in [0.15, 0.2) is 53.0 Å². The predicted molar refractivity (Wildman–Crippen MR) is 86.2 cm³/mol. The van der Waals surface area contributed by atoms with Crippen molar-refractivity contribution in [1.29, 1.82) is 0 Å². The van der Waals surface area contributed by atoms with Crippen LogP contribution in [0.1, 0.15) is 24.4 Å². The van der Waals surface area contributed by atoms with E-state index < -0.39 is 0 Å². The van der Waals surface area contributed by atoms with Crippen molar-refractivity contribution in [3.63, 3.8) is 0 Å². The van der Waals surface area contributed by atoms with Crippen molar-refractivity contribution < 1.29 is 4.74 Å². The Labute approximate surface area is 128 Å². The third-order valence-electron chi connectivity index (χ3n) is 3.73. The molecule has 2 aromatic rings. The van der Waals surface area contributed by atoms with Gasteiger partial charge in [0.25, 0.3) is 0 Å². The quantitative estimate of drug-likeness (QED) is 0.830. The van der Waals surface area contributed by atoms with Gasteiger partial charge in [0.1, 0.15) is 5.75 Å². The topological polar surface area (TPSA) is 21.3 Å². The summed E-state index contributed by atoms with van der Waals surface area (Å²) in [7, 11) is 1.70. The normalized spacial score (nSPS) is 15.7. The number of ether oxygens (including phenoxy) is 1. The number of anilines is 1. The molecule has 0 amide bonds. The maximum absolute atomic E-state index is 5.23. The SMILES string of the molecule is COc1ccc(C(Nc2ccc(Br)cc2)C2CC2)cc1. The lowest BCUT2D eigenvalue weighted by molar-refractivity contribution is 0.414. The van der Waals surface area contributed by atoms with E-state index in [0.29, 0.717) is 6.04 Å². The highest BCUT2D eigenvalue weighted by Gasteiger charge is 2.32. The average Bonchev–Trinajstić information content (AvgIpc) is 3.31. The van der Waals surface area contributed by atoms with Gasteiger partial charge in [-0.1, -0.05) is 28.1 Å². The van der Waals surface area contributed by atoms with E-state index in [1.54, 1.807) is 7.11 Å². The molecule has 1 aliphatic carbocycles. The zero-order valence-electron chi connectivity index (χ0n) is 11.5. The van der Waals surface area contributed by atoms with Gasteiger partial charge in [-0.25, -0.2) is 0 Å². The molecule has 0 aromatic heterocycles. The van der Waals surface area contributed by atoms with Crippen LogP contribution in [0.4, 0.5) is 5.69 Å². The third-order valence-corrected chi connectivity index (χ3v) is 4.26. The monoisotopic (exact) mass is 331 g/mol. The molecule has 0 heterocycles. The summed E-state index contributed by atoms with van der Waals surface area (Å²) in [6.45, 7) is 0. The minimum atomic E-state index is 0.391. The number of hydrogen-bond acceptors (Lipinski definition) is 2. The smallest absolute Gasteiger partial charge is 0.118 e. The number of benzene rings is 2. The zero-order valence-corrected chi connectivity index (χ0v) is 13.1. The molecule has 1 atom stereocenters. The van der Waals surface area contributed by atoms with E-state index in [1.807, 2.05) is 12.1 Å². The van der Waals surface area contributed by atoms with E-state index in [2.05, 4.69) is 57.6 Å². The van der Waals surface area contributed by atoms with Crippen LogP contribution in [0.3, 0.4) is 0 Å². The second-order valence-electron chi connectivity index (χ2n) is 5.24. The summed E-state index contributed by atoms with van der Waals surface area (Å²) in [5.74, 6) is 1.65. The first-order chi connectivity index (χ1) is 9.76. The highest BCUT2D eigenvalue weighted by Crippen LogP contribution is 2.43. The summed E-state index contributed by atoms with van der Waals surface area (Å²) in [6, 6.07) is 17.2. The van der Waals surface area contributed by atoms with Gasteiger partial charge >= 0.3 is 0 Å². The summed E-state index contributed by atoms with van der Waals surface area (Å²) < 4.78 is 6.34. The molecule has 1 fully saturated rings. The number of halogens is 1. The highest BCUT2D eigenvalue weighted by molar-refractivity contribution is 9.10. The zero-order chi connectivity index (χ0) is 13.9. The molecule has 2 nitrogen and oxygen atoms in total. The molecule has 0 saturated heterocycles. The van der Waals surface area contributed by atoms with Crippen LogP contribution in [0, 0.1) is 5.92 Å². The van der Waals surface area contributed by atoms with Crippen LogP contribution < -0.4 is 10.1 Å². The standard InChI is InChI=1S/C17H18BrNO/c1-20-16-10-4-13(5-11-16)17(12-2-3-12)19-15-8-6-14(18)7-9-15/h4-12,17,19H,2-3H2,1H3. The molecule has 104 valence electrons. The molecule has 0 radical (unpaired) electrons.